The Bertz CT molecular complexity index is 877. The lowest BCUT2D eigenvalue weighted by Crippen LogP contribution is -2.48. The highest BCUT2D eigenvalue weighted by atomic mass is 19.4. The summed E-state index contributed by atoms with van der Waals surface area (Å²) in [5, 5.41) is 6.26. The highest BCUT2D eigenvalue weighted by molar-refractivity contribution is 5.79. The number of alkyl halides is 3. The van der Waals surface area contributed by atoms with E-state index in [0.717, 1.165) is 6.07 Å². The summed E-state index contributed by atoms with van der Waals surface area (Å²) in [6.07, 6.45) is -3.22. The largest absolute Gasteiger partial charge is 0.416 e. The van der Waals surface area contributed by atoms with Crippen molar-refractivity contribution in [1.29, 1.82) is 0 Å². The number of rotatable bonds is 5. The van der Waals surface area contributed by atoms with Gasteiger partial charge in [-0.05, 0) is 30.5 Å². The summed E-state index contributed by atoms with van der Waals surface area (Å²) in [5.41, 5.74) is -0.0560. The molecule has 0 bridgehead atoms. The van der Waals surface area contributed by atoms with Gasteiger partial charge in [0.05, 0.1) is 5.56 Å². The molecule has 1 fully saturated rings. The predicted octanol–water partition coefficient (Wildman–Crippen LogP) is 4.26. The van der Waals surface area contributed by atoms with Gasteiger partial charge in [0.1, 0.15) is 5.82 Å². The molecular weight excluding hydrogens is 398 g/mol. The quantitative estimate of drug-likeness (QED) is 0.429. The van der Waals surface area contributed by atoms with Crippen molar-refractivity contribution in [2.24, 2.45) is 4.99 Å². The third-order valence-corrected chi connectivity index (χ3v) is 5.47. The number of benzene rings is 2. The summed E-state index contributed by atoms with van der Waals surface area (Å²) in [6, 6.07) is 11.9. The van der Waals surface area contributed by atoms with Gasteiger partial charge in [0.25, 0.3) is 0 Å². The van der Waals surface area contributed by atoms with Crippen LogP contribution in [-0.2, 0) is 22.9 Å². The average molecular weight is 423 g/mol. The van der Waals surface area contributed by atoms with Crippen LogP contribution < -0.4 is 10.6 Å². The van der Waals surface area contributed by atoms with Crippen molar-refractivity contribution in [3.8, 4) is 0 Å². The van der Waals surface area contributed by atoms with Crippen molar-refractivity contribution < 1.29 is 22.3 Å². The SMILES string of the molecule is CN=C(NCc1ccccc1F)NCC1(c2cccc(C(F)(F)F)c2)CCOCC1. The van der Waals surface area contributed by atoms with Gasteiger partial charge in [-0.3, -0.25) is 4.99 Å². The summed E-state index contributed by atoms with van der Waals surface area (Å²) < 4.78 is 59.0. The number of aliphatic imine (C=N–C) groups is 1. The van der Waals surface area contributed by atoms with E-state index in [4.69, 9.17) is 4.74 Å². The van der Waals surface area contributed by atoms with Gasteiger partial charge in [0.2, 0.25) is 0 Å². The minimum Gasteiger partial charge on any atom is -0.381 e. The number of nitrogens with one attached hydrogen (secondary N) is 2. The molecule has 2 aromatic carbocycles. The van der Waals surface area contributed by atoms with Crippen LogP contribution in [-0.4, -0.2) is 32.8 Å². The summed E-state index contributed by atoms with van der Waals surface area (Å²) in [4.78, 5) is 4.16. The lowest BCUT2D eigenvalue weighted by molar-refractivity contribution is -0.137. The van der Waals surface area contributed by atoms with E-state index < -0.39 is 17.2 Å². The van der Waals surface area contributed by atoms with Crippen LogP contribution >= 0.6 is 0 Å². The van der Waals surface area contributed by atoms with Crippen LogP contribution in [0.15, 0.2) is 53.5 Å². The van der Waals surface area contributed by atoms with Gasteiger partial charge in [-0.2, -0.15) is 13.2 Å². The molecule has 0 unspecified atom stereocenters. The molecule has 0 spiro atoms. The standard InChI is InChI=1S/C22H25F4N3O/c1-27-20(28-14-16-5-2-3-8-19(16)23)29-15-21(9-11-30-12-10-21)17-6-4-7-18(13-17)22(24,25)26/h2-8,13H,9-12,14-15H2,1H3,(H2,27,28,29). The molecule has 4 nitrogen and oxygen atoms in total. The highest BCUT2D eigenvalue weighted by Crippen LogP contribution is 2.37. The zero-order valence-electron chi connectivity index (χ0n) is 16.7. The molecule has 0 saturated carbocycles. The van der Waals surface area contributed by atoms with Gasteiger partial charge in [0, 0.05) is 44.3 Å². The van der Waals surface area contributed by atoms with Crippen LogP contribution in [0, 0.1) is 5.82 Å². The average Bonchev–Trinajstić information content (AvgIpc) is 2.75. The van der Waals surface area contributed by atoms with Crippen LogP contribution in [0.25, 0.3) is 0 Å². The van der Waals surface area contributed by atoms with E-state index in [1.165, 1.54) is 18.2 Å². The summed E-state index contributed by atoms with van der Waals surface area (Å²) in [5.74, 6) is 0.140. The fraction of sp³-hybridized carbons (Fsp3) is 0.409. The first-order valence-corrected chi connectivity index (χ1v) is 9.77. The zero-order valence-corrected chi connectivity index (χ0v) is 16.7. The van der Waals surface area contributed by atoms with Crippen LogP contribution in [0.4, 0.5) is 17.6 Å². The number of halogens is 4. The van der Waals surface area contributed by atoms with Crippen molar-refractivity contribution in [2.75, 3.05) is 26.8 Å². The van der Waals surface area contributed by atoms with E-state index in [1.807, 2.05) is 0 Å². The fourth-order valence-electron chi connectivity index (χ4n) is 3.65. The second-order valence-corrected chi connectivity index (χ2v) is 7.34. The predicted molar refractivity (Wildman–Crippen MR) is 108 cm³/mol. The highest BCUT2D eigenvalue weighted by Gasteiger charge is 2.37. The molecule has 162 valence electrons. The van der Waals surface area contributed by atoms with Gasteiger partial charge in [-0.1, -0.05) is 36.4 Å². The van der Waals surface area contributed by atoms with E-state index in [0.29, 0.717) is 49.7 Å². The normalized spacial score (nSPS) is 16.9. The number of hydrogen-bond donors (Lipinski definition) is 2. The zero-order chi connectivity index (χ0) is 21.6. The molecule has 0 radical (unpaired) electrons. The van der Waals surface area contributed by atoms with Gasteiger partial charge < -0.3 is 15.4 Å². The minimum atomic E-state index is -4.40. The molecule has 1 aliphatic heterocycles. The van der Waals surface area contributed by atoms with E-state index in [1.54, 1.807) is 31.3 Å². The molecule has 2 N–H and O–H groups in total. The molecule has 1 aliphatic rings. The molecule has 1 heterocycles. The smallest absolute Gasteiger partial charge is 0.381 e. The van der Waals surface area contributed by atoms with Crippen molar-refractivity contribution in [3.05, 3.63) is 71.0 Å². The first-order chi connectivity index (χ1) is 14.3. The second-order valence-electron chi connectivity index (χ2n) is 7.34. The Balaban J connectivity index is 1.74. The Labute approximate surface area is 173 Å². The monoisotopic (exact) mass is 423 g/mol. The summed E-state index contributed by atoms with van der Waals surface area (Å²) in [7, 11) is 1.59. The number of ether oxygens (including phenoxy) is 1. The van der Waals surface area contributed by atoms with Crippen LogP contribution in [0.5, 0.6) is 0 Å². The molecule has 0 amide bonds. The molecule has 2 aromatic rings. The minimum absolute atomic E-state index is 0.242. The van der Waals surface area contributed by atoms with Crippen molar-refractivity contribution in [1.82, 2.24) is 10.6 Å². The van der Waals surface area contributed by atoms with Crippen LogP contribution in [0.2, 0.25) is 0 Å². The number of hydrogen-bond acceptors (Lipinski definition) is 2. The number of guanidine groups is 1. The molecule has 0 atom stereocenters. The summed E-state index contributed by atoms with van der Waals surface area (Å²) >= 11 is 0. The third-order valence-electron chi connectivity index (χ3n) is 5.47. The molecule has 0 aromatic heterocycles. The van der Waals surface area contributed by atoms with E-state index in [2.05, 4.69) is 15.6 Å². The molecule has 1 saturated heterocycles. The molecule has 30 heavy (non-hydrogen) atoms. The van der Waals surface area contributed by atoms with E-state index >= 15 is 0 Å². The lowest BCUT2D eigenvalue weighted by atomic mass is 9.73. The van der Waals surface area contributed by atoms with Crippen molar-refractivity contribution in [2.45, 2.75) is 31.0 Å². The Hall–Kier alpha value is -2.61. The Morgan fingerprint density at radius 2 is 1.80 bits per heavy atom. The van der Waals surface area contributed by atoms with Gasteiger partial charge in [-0.15, -0.1) is 0 Å². The first kappa shape index (κ1) is 22.1. The maximum absolute atomic E-state index is 13.8. The van der Waals surface area contributed by atoms with Gasteiger partial charge >= 0.3 is 6.18 Å². The molecule has 0 aliphatic carbocycles. The van der Waals surface area contributed by atoms with E-state index in [9.17, 15) is 17.6 Å². The summed E-state index contributed by atoms with van der Waals surface area (Å²) in [6.45, 7) is 1.57. The topological polar surface area (TPSA) is 45.7 Å². The maximum Gasteiger partial charge on any atom is 0.416 e. The first-order valence-electron chi connectivity index (χ1n) is 9.77. The fourth-order valence-corrected chi connectivity index (χ4v) is 3.65. The lowest BCUT2D eigenvalue weighted by Gasteiger charge is -2.38. The van der Waals surface area contributed by atoms with Gasteiger partial charge in [0.15, 0.2) is 5.96 Å². The molecular formula is C22H25F4N3O. The van der Waals surface area contributed by atoms with Crippen molar-refractivity contribution in [3.63, 3.8) is 0 Å². The molecule has 8 heteroatoms. The second kappa shape index (κ2) is 9.47. The Morgan fingerprint density at radius 1 is 1.07 bits per heavy atom. The Kier molecular flexibility index (Phi) is 6.97. The number of nitrogens with zero attached hydrogens (tertiary/aromatic N) is 1. The Morgan fingerprint density at radius 3 is 2.47 bits per heavy atom. The van der Waals surface area contributed by atoms with Crippen LogP contribution in [0.1, 0.15) is 29.5 Å². The third kappa shape index (κ3) is 5.30. The molecule has 3 rings (SSSR count). The van der Waals surface area contributed by atoms with Crippen LogP contribution in [0.3, 0.4) is 0 Å². The maximum atomic E-state index is 13.8. The van der Waals surface area contributed by atoms with Crippen molar-refractivity contribution >= 4 is 5.96 Å². The van der Waals surface area contributed by atoms with E-state index in [-0.39, 0.29) is 12.4 Å². The van der Waals surface area contributed by atoms with Gasteiger partial charge in [-0.25, -0.2) is 4.39 Å².